The molecular formula is C13H14N2O. The van der Waals surface area contributed by atoms with Crippen LogP contribution in [0.1, 0.15) is 24.6 Å². The molecule has 0 spiro atoms. The quantitative estimate of drug-likeness (QED) is 0.835. The van der Waals surface area contributed by atoms with Crippen molar-refractivity contribution in [1.29, 1.82) is 0 Å². The van der Waals surface area contributed by atoms with Gasteiger partial charge in [-0.15, -0.1) is 0 Å². The third-order valence-corrected chi connectivity index (χ3v) is 3.00. The Balaban J connectivity index is 1.87. The van der Waals surface area contributed by atoms with Crippen LogP contribution >= 0.6 is 0 Å². The van der Waals surface area contributed by atoms with Gasteiger partial charge in [0.15, 0.2) is 5.76 Å². The van der Waals surface area contributed by atoms with E-state index in [9.17, 15) is 0 Å². The van der Waals surface area contributed by atoms with Crippen molar-refractivity contribution in [2.45, 2.75) is 18.9 Å². The Morgan fingerprint density at radius 2 is 2.12 bits per heavy atom. The molecule has 2 aromatic rings. The molecule has 16 heavy (non-hydrogen) atoms. The van der Waals surface area contributed by atoms with E-state index in [1.54, 1.807) is 0 Å². The van der Waals surface area contributed by atoms with Gasteiger partial charge in [-0.05, 0) is 19.4 Å². The zero-order chi connectivity index (χ0) is 10.8. The molecule has 2 heterocycles. The monoisotopic (exact) mass is 214 g/mol. The molecule has 1 aliphatic rings. The van der Waals surface area contributed by atoms with Crippen LogP contribution < -0.4 is 5.32 Å². The Morgan fingerprint density at radius 3 is 2.88 bits per heavy atom. The van der Waals surface area contributed by atoms with Crippen LogP contribution in [0.5, 0.6) is 0 Å². The fraction of sp³-hybridized carbons (Fsp3) is 0.308. The van der Waals surface area contributed by atoms with Crippen molar-refractivity contribution in [1.82, 2.24) is 10.5 Å². The van der Waals surface area contributed by atoms with Gasteiger partial charge in [-0.2, -0.15) is 0 Å². The zero-order valence-electron chi connectivity index (χ0n) is 9.02. The lowest BCUT2D eigenvalue weighted by molar-refractivity contribution is 0.412. The molecule has 3 nitrogen and oxygen atoms in total. The smallest absolute Gasteiger partial charge is 0.167 e. The molecule has 0 bridgehead atoms. The maximum Gasteiger partial charge on any atom is 0.167 e. The predicted molar refractivity (Wildman–Crippen MR) is 61.9 cm³/mol. The van der Waals surface area contributed by atoms with Gasteiger partial charge in [-0.1, -0.05) is 35.5 Å². The minimum absolute atomic E-state index is 0.376. The van der Waals surface area contributed by atoms with Crippen molar-refractivity contribution in [2.24, 2.45) is 0 Å². The van der Waals surface area contributed by atoms with Crippen LogP contribution in [0, 0.1) is 0 Å². The maximum atomic E-state index is 5.37. The summed E-state index contributed by atoms with van der Waals surface area (Å²) < 4.78 is 5.37. The lowest BCUT2D eigenvalue weighted by Crippen LogP contribution is -2.12. The van der Waals surface area contributed by atoms with Gasteiger partial charge in [0.05, 0.1) is 6.04 Å². The topological polar surface area (TPSA) is 38.1 Å². The molecule has 1 N–H and O–H groups in total. The van der Waals surface area contributed by atoms with E-state index < -0.39 is 0 Å². The fourth-order valence-electron chi connectivity index (χ4n) is 2.13. The third kappa shape index (κ3) is 1.74. The summed E-state index contributed by atoms with van der Waals surface area (Å²) in [6, 6.07) is 12.5. The van der Waals surface area contributed by atoms with Crippen LogP contribution in [-0.4, -0.2) is 11.7 Å². The van der Waals surface area contributed by atoms with Crippen LogP contribution in [-0.2, 0) is 0 Å². The van der Waals surface area contributed by atoms with Gasteiger partial charge in [0.2, 0.25) is 0 Å². The maximum absolute atomic E-state index is 5.37. The number of hydrogen-bond acceptors (Lipinski definition) is 3. The lowest BCUT2D eigenvalue weighted by atomic mass is 10.1. The van der Waals surface area contributed by atoms with Crippen molar-refractivity contribution < 1.29 is 4.52 Å². The van der Waals surface area contributed by atoms with Gasteiger partial charge in [-0.3, -0.25) is 0 Å². The second-order valence-electron chi connectivity index (χ2n) is 4.13. The predicted octanol–water partition coefficient (Wildman–Crippen LogP) is 2.77. The van der Waals surface area contributed by atoms with Gasteiger partial charge in [0.25, 0.3) is 0 Å². The molecule has 0 amide bonds. The molecule has 0 unspecified atom stereocenters. The zero-order valence-corrected chi connectivity index (χ0v) is 9.02. The molecule has 1 saturated heterocycles. The molecule has 82 valence electrons. The summed E-state index contributed by atoms with van der Waals surface area (Å²) in [6.07, 6.45) is 2.37. The van der Waals surface area contributed by atoms with Crippen molar-refractivity contribution in [3.05, 3.63) is 42.1 Å². The second-order valence-corrected chi connectivity index (χ2v) is 4.13. The minimum Gasteiger partial charge on any atom is -0.356 e. The fourth-order valence-corrected chi connectivity index (χ4v) is 2.13. The Morgan fingerprint density at radius 1 is 1.25 bits per heavy atom. The molecule has 0 radical (unpaired) electrons. The van der Waals surface area contributed by atoms with Crippen LogP contribution in [0.15, 0.2) is 40.9 Å². The summed E-state index contributed by atoms with van der Waals surface area (Å²) in [5.74, 6) is 0.851. The summed E-state index contributed by atoms with van der Waals surface area (Å²) in [5, 5.41) is 7.55. The van der Waals surface area contributed by atoms with E-state index in [0.29, 0.717) is 6.04 Å². The standard InChI is InChI=1S/C13H14N2O/c1-2-5-10(6-3-1)13-9-12(15-16-13)11-7-4-8-14-11/h1-3,5-6,9,11,14H,4,7-8H2/t11-/m0/s1. The third-order valence-electron chi connectivity index (χ3n) is 3.00. The Bertz CT molecular complexity index is 458. The van der Waals surface area contributed by atoms with Gasteiger partial charge in [-0.25, -0.2) is 0 Å². The van der Waals surface area contributed by atoms with E-state index >= 15 is 0 Å². The Labute approximate surface area is 94.5 Å². The average molecular weight is 214 g/mol. The van der Waals surface area contributed by atoms with Crippen molar-refractivity contribution in [3.8, 4) is 11.3 Å². The molecule has 0 aliphatic carbocycles. The Kier molecular flexibility index (Phi) is 2.46. The van der Waals surface area contributed by atoms with Gasteiger partial charge in [0, 0.05) is 11.6 Å². The molecule has 3 rings (SSSR count). The normalized spacial score (nSPS) is 20.1. The highest BCUT2D eigenvalue weighted by Crippen LogP contribution is 2.26. The van der Waals surface area contributed by atoms with E-state index in [4.69, 9.17) is 4.52 Å². The number of benzene rings is 1. The van der Waals surface area contributed by atoms with Gasteiger partial charge in [0.1, 0.15) is 5.69 Å². The van der Waals surface area contributed by atoms with Gasteiger partial charge >= 0.3 is 0 Å². The van der Waals surface area contributed by atoms with Crippen LogP contribution in [0.2, 0.25) is 0 Å². The molecule has 1 fully saturated rings. The van der Waals surface area contributed by atoms with Crippen LogP contribution in [0.3, 0.4) is 0 Å². The molecule has 1 aromatic heterocycles. The van der Waals surface area contributed by atoms with E-state index in [-0.39, 0.29) is 0 Å². The second kappa shape index (κ2) is 4.10. The van der Waals surface area contributed by atoms with E-state index in [1.165, 1.54) is 6.42 Å². The first-order chi connectivity index (χ1) is 7.93. The van der Waals surface area contributed by atoms with Crippen LogP contribution in [0.25, 0.3) is 11.3 Å². The summed E-state index contributed by atoms with van der Waals surface area (Å²) >= 11 is 0. The minimum atomic E-state index is 0.376. The highest BCUT2D eigenvalue weighted by molar-refractivity contribution is 5.57. The largest absolute Gasteiger partial charge is 0.356 e. The SMILES string of the molecule is c1ccc(-c2cc([C@@H]3CCCN3)no2)cc1. The summed E-state index contributed by atoms with van der Waals surface area (Å²) in [4.78, 5) is 0. The number of nitrogens with one attached hydrogen (secondary N) is 1. The first-order valence-corrected chi connectivity index (χ1v) is 5.69. The lowest BCUT2D eigenvalue weighted by Gasteiger charge is -2.02. The van der Waals surface area contributed by atoms with E-state index in [0.717, 1.165) is 30.0 Å². The highest BCUT2D eigenvalue weighted by atomic mass is 16.5. The molecule has 0 saturated carbocycles. The summed E-state index contributed by atoms with van der Waals surface area (Å²) in [7, 11) is 0. The molecule has 1 aliphatic heterocycles. The summed E-state index contributed by atoms with van der Waals surface area (Å²) in [6.45, 7) is 1.08. The van der Waals surface area contributed by atoms with E-state index in [1.807, 2.05) is 36.4 Å². The van der Waals surface area contributed by atoms with E-state index in [2.05, 4.69) is 10.5 Å². The number of nitrogens with zero attached hydrogens (tertiary/aromatic N) is 1. The number of aromatic nitrogens is 1. The number of hydrogen-bond donors (Lipinski definition) is 1. The van der Waals surface area contributed by atoms with Gasteiger partial charge < -0.3 is 9.84 Å². The van der Waals surface area contributed by atoms with Crippen molar-refractivity contribution in [3.63, 3.8) is 0 Å². The molecule has 1 aromatic carbocycles. The molecular weight excluding hydrogens is 200 g/mol. The average Bonchev–Trinajstić information content (AvgIpc) is 3.01. The summed E-state index contributed by atoms with van der Waals surface area (Å²) in [5.41, 5.74) is 2.11. The van der Waals surface area contributed by atoms with Crippen molar-refractivity contribution in [2.75, 3.05) is 6.54 Å². The molecule has 3 heteroatoms. The molecule has 1 atom stereocenters. The first-order valence-electron chi connectivity index (χ1n) is 5.69. The number of rotatable bonds is 2. The first kappa shape index (κ1) is 9.60. The highest BCUT2D eigenvalue weighted by Gasteiger charge is 2.20. The van der Waals surface area contributed by atoms with Crippen LogP contribution in [0.4, 0.5) is 0 Å². The van der Waals surface area contributed by atoms with Crippen molar-refractivity contribution >= 4 is 0 Å². The Hall–Kier alpha value is -1.61.